The SMILES string of the molecule is Cc1nc(CSCC(=O)NC2(CC(=O)O)CCC2)cs1. The van der Waals surface area contributed by atoms with Crippen LogP contribution in [0.25, 0.3) is 0 Å². The van der Waals surface area contributed by atoms with Gasteiger partial charge in [-0.15, -0.1) is 23.1 Å². The molecule has 2 rings (SSSR count). The fourth-order valence-electron chi connectivity index (χ4n) is 2.29. The fourth-order valence-corrected chi connectivity index (χ4v) is 3.73. The fraction of sp³-hybridized carbons (Fsp3) is 0.615. The van der Waals surface area contributed by atoms with Crippen LogP contribution < -0.4 is 5.32 Å². The van der Waals surface area contributed by atoms with Crippen LogP contribution in [0.3, 0.4) is 0 Å². The molecule has 0 atom stereocenters. The Morgan fingerprint density at radius 3 is 2.80 bits per heavy atom. The molecule has 0 aliphatic heterocycles. The van der Waals surface area contributed by atoms with Gasteiger partial charge in [-0.1, -0.05) is 0 Å². The van der Waals surface area contributed by atoms with Crippen molar-refractivity contribution in [2.75, 3.05) is 5.75 Å². The third-order valence-corrected chi connectivity index (χ3v) is 5.14. The maximum absolute atomic E-state index is 11.9. The third kappa shape index (κ3) is 4.21. The molecule has 2 N–H and O–H groups in total. The lowest BCUT2D eigenvalue weighted by molar-refractivity contribution is -0.140. The molecule has 1 fully saturated rings. The van der Waals surface area contributed by atoms with Gasteiger partial charge in [0.25, 0.3) is 0 Å². The molecule has 1 amide bonds. The second-order valence-corrected chi connectivity index (χ2v) is 7.15. The highest BCUT2D eigenvalue weighted by Crippen LogP contribution is 2.35. The summed E-state index contributed by atoms with van der Waals surface area (Å²) in [5, 5.41) is 14.8. The van der Waals surface area contributed by atoms with E-state index in [0.717, 1.165) is 30.0 Å². The predicted molar refractivity (Wildman–Crippen MR) is 80.0 cm³/mol. The van der Waals surface area contributed by atoms with Crippen LogP contribution in [0.4, 0.5) is 0 Å². The summed E-state index contributed by atoms with van der Waals surface area (Å²) in [6.45, 7) is 1.96. The van der Waals surface area contributed by atoms with Crippen LogP contribution in [0.1, 0.15) is 36.4 Å². The number of carbonyl (C=O) groups is 2. The summed E-state index contributed by atoms with van der Waals surface area (Å²) in [7, 11) is 0. The summed E-state index contributed by atoms with van der Waals surface area (Å²) in [4.78, 5) is 27.0. The van der Waals surface area contributed by atoms with Gasteiger partial charge in [0.15, 0.2) is 0 Å². The molecule has 0 unspecified atom stereocenters. The van der Waals surface area contributed by atoms with Crippen molar-refractivity contribution >= 4 is 35.0 Å². The normalized spacial score (nSPS) is 16.4. The number of rotatable bonds is 7. The first-order valence-electron chi connectivity index (χ1n) is 6.51. The summed E-state index contributed by atoms with van der Waals surface area (Å²) in [5.74, 6) is 0.125. The van der Waals surface area contributed by atoms with Crippen molar-refractivity contribution in [1.29, 1.82) is 0 Å². The molecular formula is C13H18N2O3S2. The maximum Gasteiger partial charge on any atom is 0.305 e. The Kier molecular flexibility index (Phi) is 5.04. The van der Waals surface area contributed by atoms with Crippen LogP contribution >= 0.6 is 23.1 Å². The van der Waals surface area contributed by atoms with E-state index in [1.54, 1.807) is 11.3 Å². The number of thioether (sulfide) groups is 1. The Bertz CT molecular complexity index is 498. The number of hydrogen-bond acceptors (Lipinski definition) is 5. The average Bonchev–Trinajstić information content (AvgIpc) is 2.71. The molecule has 1 aliphatic carbocycles. The Hall–Kier alpha value is -1.08. The highest BCUT2D eigenvalue weighted by molar-refractivity contribution is 7.99. The van der Waals surface area contributed by atoms with Crippen LogP contribution in [0.15, 0.2) is 5.38 Å². The molecule has 1 aromatic rings. The van der Waals surface area contributed by atoms with Gasteiger partial charge in [-0.3, -0.25) is 9.59 Å². The number of nitrogens with one attached hydrogen (secondary N) is 1. The molecule has 0 radical (unpaired) electrons. The van der Waals surface area contributed by atoms with Crippen LogP contribution in [-0.2, 0) is 15.3 Å². The first kappa shape index (κ1) is 15.3. The van der Waals surface area contributed by atoms with E-state index < -0.39 is 11.5 Å². The topological polar surface area (TPSA) is 79.3 Å². The predicted octanol–water partition coefficient (Wildman–Crippen LogP) is 2.20. The van der Waals surface area contributed by atoms with Crippen LogP contribution in [0.5, 0.6) is 0 Å². The summed E-state index contributed by atoms with van der Waals surface area (Å²) >= 11 is 3.11. The molecule has 110 valence electrons. The smallest absolute Gasteiger partial charge is 0.305 e. The molecule has 0 bridgehead atoms. The highest BCUT2D eigenvalue weighted by atomic mass is 32.2. The Balaban J connectivity index is 1.73. The van der Waals surface area contributed by atoms with Gasteiger partial charge in [-0.25, -0.2) is 4.98 Å². The second kappa shape index (κ2) is 6.58. The lowest BCUT2D eigenvalue weighted by Gasteiger charge is -2.41. The first-order valence-corrected chi connectivity index (χ1v) is 8.54. The number of hydrogen-bond donors (Lipinski definition) is 2. The zero-order valence-electron chi connectivity index (χ0n) is 11.3. The van der Waals surface area contributed by atoms with E-state index in [2.05, 4.69) is 10.3 Å². The largest absolute Gasteiger partial charge is 0.481 e. The molecule has 5 nitrogen and oxygen atoms in total. The van der Waals surface area contributed by atoms with Crippen molar-refractivity contribution in [3.8, 4) is 0 Å². The van der Waals surface area contributed by atoms with Crippen molar-refractivity contribution in [1.82, 2.24) is 10.3 Å². The number of carbonyl (C=O) groups excluding carboxylic acids is 1. The van der Waals surface area contributed by atoms with Gasteiger partial charge in [0, 0.05) is 11.1 Å². The van der Waals surface area contributed by atoms with Crippen molar-refractivity contribution in [2.24, 2.45) is 0 Å². The molecule has 0 saturated heterocycles. The molecule has 1 aliphatic rings. The van der Waals surface area contributed by atoms with Crippen molar-refractivity contribution in [3.05, 3.63) is 16.1 Å². The van der Waals surface area contributed by atoms with Crippen LogP contribution in [-0.4, -0.2) is 33.3 Å². The van der Waals surface area contributed by atoms with Crippen molar-refractivity contribution < 1.29 is 14.7 Å². The van der Waals surface area contributed by atoms with E-state index in [1.807, 2.05) is 12.3 Å². The number of amides is 1. The molecule has 20 heavy (non-hydrogen) atoms. The van der Waals surface area contributed by atoms with E-state index >= 15 is 0 Å². The average molecular weight is 314 g/mol. The molecule has 1 saturated carbocycles. The second-order valence-electron chi connectivity index (χ2n) is 5.10. The number of aliphatic carboxylic acids is 1. The van der Waals surface area contributed by atoms with Gasteiger partial charge in [-0.05, 0) is 26.2 Å². The first-order chi connectivity index (χ1) is 9.49. The van der Waals surface area contributed by atoms with Crippen LogP contribution in [0.2, 0.25) is 0 Å². The summed E-state index contributed by atoms with van der Waals surface area (Å²) in [6, 6.07) is 0. The van der Waals surface area contributed by atoms with Gasteiger partial charge >= 0.3 is 5.97 Å². The zero-order valence-corrected chi connectivity index (χ0v) is 13.0. The maximum atomic E-state index is 11.9. The van der Waals surface area contributed by atoms with E-state index in [4.69, 9.17) is 5.11 Å². The minimum atomic E-state index is -0.851. The monoisotopic (exact) mass is 314 g/mol. The van der Waals surface area contributed by atoms with E-state index in [1.165, 1.54) is 11.8 Å². The number of thiazole rings is 1. The Morgan fingerprint density at radius 1 is 1.55 bits per heavy atom. The number of aryl methyl sites for hydroxylation is 1. The van der Waals surface area contributed by atoms with Gasteiger partial charge in [0.05, 0.1) is 28.4 Å². The number of nitrogens with zero attached hydrogens (tertiary/aromatic N) is 1. The van der Waals surface area contributed by atoms with Gasteiger partial charge < -0.3 is 10.4 Å². The lowest BCUT2D eigenvalue weighted by Crippen LogP contribution is -2.55. The van der Waals surface area contributed by atoms with E-state index in [9.17, 15) is 9.59 Å². The van der Waals surface area contributed by atoms with Crippen molar-refractivity contribution in [2.45, 2.75) is 43.9 Å². The van der Waals surface area contributed by atoms with Gasteiger partial charge in [0.1, 0.15) is 0 Å². The van der Waals surface area contributed by atoms with Gasteiger partial charge in [-0.2, -0.15) is 0 Å². The lowest BCUT2D eigenvalue weighted by atomic mass is 9.74. The van der Waals surface area contributed by atoms with Gasteiger partial charge in [0.2, 0.25) is 5.91 Å². The minimum Gasteiger partial charge on any atom is -0.481 e. The van der Waals surface area contributed by atoms with E-state index in [-0.39, 0.29) is 12.3 Å². The molecule has 0 aromatic carbocycles. The zero-order chi connectivity index (χ0) is 14.6. The Labute approximate surface area is 126 Å². The number of aromatic nitrogens is 1. The Morgan fingerprint density at radius 2 is 2.30 bits per heavy atom. The summed E-state index contributed by atoms with van der Waals surface area (Å²) in [6.07, 6.45) is 2.54. The molecule has 1 heterocycles. The summed E-state index contributed by atoms with van der Waals surface area (Å²) in [5.41, 5.74) is 0.495. The molecule has 1 aromatic heterocycles. The quantitative estimate of drug-likeness (QED) is 0.806. The standard InChI is InChI=1S/C13H18N2O3S2/c1-9-14-10(7-20-9)6-19-8-11(16)15-13(3-2-4-13)5-12(17)18/h7H,2-6,8H2,1H3,(H,15,16)(H,17,18). The highest BCUT2D eigenvalue weighted by Gasteiger charge is 2.40. The number of carboxylic acid groups (broad SMARTS) is 1. The molecular weight excluding hydrogens is 296 g/mol. The third-order valence-electron chi connectivity index (χ3n) is 3.35. The molecule has 7 heteroatoms. The minimum absolute atomic E-state index is 0.0225. The van der Waals surface area contributed by atoms with E-state index in [0.29, 0.717) is 11.5 Å². The summed E-state index contributed by atoms with van der Waals surface area (Å²) < 4.78 is 0. The van der Waals surface area contributed by atoms with Crippen molar-refractivity contribution in [3.63, 3.8) is 0 Å². The van der Waals surface area contributed by atoms with Crippen LogP contribution in [0, 0.1) is 6.92 Å². The molecule has 0 spiro atoms. The number of carboxylic acids is 1.